The summed E-state index contributed by atoms with van der Waals surface area (Å²) in [5.41, 5.74) is 0. The van der Waals surface area contributed by atoms with Crippen LogP contribution in [0.1, 0.15) is 20.3 Å². The van der Waals surface area contributed by atoms with E-state index in [1.54, 1.807) is 0 Å². The van der Waals surface area contributed by atoms with Crippen molar-refractivity contribution in [3.63, 3.8) is 0 Å². The molecule has 3 atom stereocenters. The van der Waals surface area contributed by atoms with E-state index in [1.165, 1.54) is 0 Å². The molecule has 0 spiro atoms. The van der Waals surface area contributed by atoms with Crippen LogP contribution >= 0.6 is 11.6 Å². The maximum Gasteiger partial charge on any atom is 0.0670 e. The molecule has 2 nitrogen and oxygen atoms in total. The van der Waals surface area contributed by atoms with Gasteiger partial charge in [-0.2, -0.15) is 0 Å². The maximum absolute atomic E-state index is 9.72. The Morgan fingerprint density at radius 1 is 1.41 bits per heavy atom. The lowest BCUT2D eigenvalue weighted by Gasteiger charge is -2.35. The molecule has 3 unspecified atom stereocenters. The predicted octanol–water partition coefficient (Wildman–Crippen LogP) is 2.68. The minimum absolute atomic E-state index is 0.147. The van der Waals surface area contributed by atoms with Crippen molar-refractivity contribution in [2.45, 2.75) is 26.4 Å². The number of piperidine rings is 1. The van der Waals surface area contributed by atoms with E-state index in [9.17, 15) is 5.11 Å². The molecule has 0 bridgehead atoms. The summed E-state index contributed by atoms with van der Waals surface area (Å²) in [6.45, 7) is 7.36. The van der Waals surface area contributed by atoms with Crippen LogP contribution in [0.3, 0.4) is 0 Å². The molecule has 0 saturated carbocycles. The lowest BCUT2D eigenvalue weighted by Crippen LogP contribution is -2.43. The van der Waals surface area contributed by atoms with Gasteiger partial charge in [0.1, 0.15) is 0 Å². The largest absolute Gasteiger partial charge is 0.392 e. The lowest BCUT2D eigenvalue weighted by atomic mass is 9.97. The van der Waals surface area contributed by atoms with Crippen molar-refractivity contribution in [3.05, 3.63) is 24.3 Å². The highest BCUT2D eigenvalue weighted by Gasteiger charge is 2.23. The summed E-state index contributed by atoms with van der Waals surface area (Å²) in [6, 6.07) is 0. The van der Waals surface area contributed by atoms with Crippen LogP contribution in [0.5, 0.6) is 0 Å². The zero-order chi connectivity index (χ0) is 12.7. The summed E-state index contributed by atoms with van der Waals surface area (Å²) in [7, 11) is 0. The number of allylic oxidation sites excluding steroid dienone is 3. The number of β-amino-alcohol motifs (C(OH)–C–C–N with tert-alkyl or cyclic N) is 1. The van der Waals surface area contributed by atoms with Gasteiger partial charge in [-0.1, -0.05) is 38.2 Å². The van der Waals surface area contributed by atoms with E-state index in [0.29, 0.717) is 17.7 Å². The standard InChI is InChI=1S/C14H24ClNO/c1-12(6-4-3-5-7-15)9-16-10-13(2)8-14(17)11-16/h3-6,12-14,17H,7-11H2,1-2H3/b5-3-,6-4-. The zero-order valence-corrected chi connectivity index (χ0v) is 11.6. The van der Waals surface area contributed by atoms with Crippen molar-refractivity contribution in [2.24, 2.45) is 11.8 Å². The molecule has 1 N–H and O–H groups in total. The Balaban J connectivity index is 2.32. The average molecular weight is 258 g/mol. The second-order valence-corrected chi connectivity index (χ2v) is 5.47. The van der Waals surface area contributed by atoms with Gasteiger partial charge in [0, 0.05) is 25.5 Å². The summed E-state index contributed by atoms with van der Waals surface area (Å²) in [5.74, 6) is 1.67. The Hall–Kier alpha value is -0.310. The minimum atomic E-state index is -0.147. The molecule has 0 aromatic heterocycles. The van der Waals surface area contributed by atoms with E-state index in [-0.39, 0.29) is 6.10 Å². The molecular weight excluding hydrogens is 234 g/mol. The fraction of sp³-hybridized carbons (Fsp3) is 0.714. The Morgan fingerprint density at radius 3 is 2.82 bits per heavy atom. The van der Waals surface area contributed by atoms with Gasteiger partial charge in [0.25, 0.3) is 0 Å². The molecule has 0 aliphatic carbocycles. The van der Waals surface area contributed by atoms with E-state index in [1.807, 2.05) is 12.2 Å². The van der Waals surface area contributed by atoms with Gasteiger partial charge in [-0.05, 0) is 18.3 Å². The molecular formula is C14H24ClNO. The summed E-state index contributed by atoms with van der Waals surface area (Å²) in [6.07, 6.45) is 8.95. The van der Waals surface area contributed by atoms with Crippen LogP contribution in [-0.4, -0.2) is 41.6 Å². The van der Waals surface area contributed by atoms with Crippen molar-refractivity contribution in [1.82, 2.24) is 4.90 Å². The highest BCUT2D eigenvalue weighted by Crippen LogP contribution is 2.17. The number of hydrogen-bond acceptors (Lipinski definition) is 2. The van der Waals surface area contributed by atoms with Gasteiger partial charge in [0.15, 0.2) is 0 Å². The number of halogens is 1. The van der Waals surface area contributed by atoms with Crippen molar-refractivity contribution < 1.29 is 5.11 Å². The number of alkyl halides is 1. The first-order chi connectivity index (χ1) is 8.11. The first-order valence-corrected chi connectivity index (χ1v) is 6.95. The summed E-state index contributed by atoms with van der Waals surface area (Å²) in [4.78, 5) is 2.36. The summed E-state index contributed by atoms with van der Waals surface area (Å²) < 4.78 is 0. The predicted molar refractivity (Wildman–Crippen MR) is 74.4 cm³/mol. The van der Waals surface area contributed by atoms with Crippen molar-refractivity contribution >= 4 is 11.6 Å². The van der Waals surface area contributed by atoms with Crippen LogP contribution in [0, 0.1) is 11.8 Å². The van der Waals surface area contributed by atoms with E-state index in [4.69, 9.17) is 11.6 Å². The number of rotatable bonds is 5. The Labute approximate surface area is 110 Å². The van der Waals surface area contributed by atoms with Crippen LogP contribution < -0.4 is 0 Å². The van der Waals surface area contributed by atoms with Gasteiger partial charge in [0.2, 0.25) is 0 Å². The van der Waals surface area contributed by atoms with Gasteiger partial charge in [0.05, 0.1) is 6.10 Å². The Bertz CT molecular complexity index is 255. The normalized spacial score (nSPS) is 29.2. The Kier molecular flexibility index (Phi) is 6.86. The highest BCUT2D eigenvalue weighted by atomic mass is 35.5. The fourth-order valence-corrected chi connectivity index (χ4v) is 2.53. The summed E-state index contributed by atoms with van der Waals surface area (Å²) in [5, 5.41) is 9.72. The second-order valence-electron chi connectivity index (χ2n) is 5.16. The fourth-order valence-electron chi connectivity index (χ4n) is 2.43. The number of aliphatic hydroxyl groups is 1. The van der Waals surface area contributed by atoms with E-state index >= 15 is 0 Å². The molecule has 1 aliphatic rings. The first kappa shape index (κ1) is 14.7. The minimum Gasteiger partial charge on any atom is -0.392 e. The molecule has 17 heavy (non-hydrogen) atoms. The monoisotopic (exact) mass is 257 g/mol. The van der Waals surface area contributed by atoms with Crippen LogP contribution in [0.4, 0.5) is 0 Å². The van der Waals surface area contributed by atoms with Crippen molar-refractivity contribution in [1.29, 1.82) is 0 Å². The average Bonchev–Trinajstić information content (AvgIpc) is 2.23. The maximum atomic E-state index is 9.72. The molecule has 1 rings (SSSR count). The SMILES string of the molecule is CC(/C=C\C=C/CCl)CN1CC(C)CC(O)C1. The molecule has 0 aromatic carbocycles. The van der Waals surface area contributed by atoms with Crippen LogP contribution in [0.25, 0.3) is 0 Å². The molecule has 1 saturated heterocycles. The quantitative estimate of drug-likeness (QED) is 0.605. The third-order valence-electron chi connectivity index (χ3n) is 3.04. The third-order valence-corrected chi connectivity index (χ3v) is 3.21. The third kappa shape index (κ3) is 6.25. The van der Waals surface area contributed by atoms with Crippen LogP contribution in [-0.2, 0) is 0 Å². The summed E-state index contributed by atoms with van der Waals surface area (Å²) >= 11 is 5.55. The molecule has 1 fully saturated rings. The number of nitrogens with zero attached hydrogens (tertiary/aromatic N) is 1. The van der Waals surface area contributed by atoms with E-state index in [2.05, 4.69) is 30.9 Å². The number of likely N-dealkylation sites (tertiary alicyclic amines) is 1. The molecule has 1 heterocycles. The molecule has 98 valence electrons. The van der Waals surface area contributed by atoms with Crippen LogP contribution in [0.2, 0.25) is 0 Å². The van der Waals surface area contributed by atoms with Gasteiger partial charge >= 0.3 is 0 Å². The van der Waals surface area contributed by atoms with Crippen LogP contribution in [0.15, 0.2) is 24.3 Å². The smallest absolute Gasteiger partial charge is 0.0670 e. The molecule has 0 aromatic rings. The van der Waals surface area contributed by atoms with Gasteiger partial charge in [-0.15, -0.1) is 11.6 Å². The van der Waals surface area contributed by atoms with Crippen molar-refractivity contribution in [3.8, 4) is 0 Å². The molecule has 1 aliphatic heterocycles. The zero-order valence-electron chi connectivity index (χ0n) is 10.8. The lowest BCUT2D eigenvalue weighted by molar-refractivity contribution is 0.0409. The second kappa shape index (κ2) is 7.91. The van der Waals surface area contributed by atoms with Gasteiger partial charge in [-0.3, -0.25) is 4.90 Å². The van der Waals surface area contributed by atoms with E-state index in [0.717, 1.165) is 26.1 Å². The Morgan fingerprint density at radius 2 is 2.18 bits per heavy atom. The number of aliphatic hydroxyl groups excluding tert-OH is 1. The topological polar surface area (TPSA) is 23.5 Å². The molecule has 0 radical (unpaired) electrons. The first-order valence-electron chi connectivity index (χ1n) is 6.41. The van der Waals surface area contributed by atoms with Crippen molar-refractivity contribution in [2.75, 3.05) is 25.5 Å². The van der Waals surface area contributed by atoms with Gasteiger partial charge < -0.3 is 5.11 Å². The number of hydrogen-bond donors (Lipinski definition) is 1. The molecule has 0 amide bonds. The molecule has 3 heteroatoms. The highest BCUT2D eigenvalue weighted by molar-refractivity contribution is 6.18. The van der Waals surface area contributed by atoms with Gasteiger partial charge in [-0.25, -0.2) is 0 Å². The van der Waals surface area contributed by atoms with E-state index < -0.39 is 0 Å².